The Kier molecular flexibility index (Phi) is 5.56. The molecule has 1 saturated heterocycles. The number of anilines is 1. The fourth-order valence-electron chi connectivity index (χ4n) is 2.40. The molecule has 0 aromatic heterocycles. The summed E-state index contributed by atoms with van der Waals surface area (Å²) in [6.07, 6.45) is 2.72. The van der Waals surface area contributed by atoms with Crippen LogP contribution in [0.4, 0.5) is 10.5 Å². The molecule has 0 radical (unpaired) electrons. The van der Waals surface area contributed by atoms with Crippen LogP contribution >= 0.6 is 11.6 Å². The number of rotatable bonds is 5. The predicted molar refractivity (Wildman–Crippen MR) is 85.0 cm³/mol. The molecule has 0 spiro atoms. The second-order valence-corrected chi connectivity index (χ2v) is 5.64. The highest BCUT2D eigenvalue weighted by Gasteiger charge is 2.21. The summed E-state index contributed by atoms with van der Waals surface area (Å²) >= 11 is 6.21. The number of piperidine rings is 1. The smallest absolute Gasteiger partial charge is 0.314 e. The van der Waals surface area contributed by atoms with E-state index in [2.05, 4.69) is 12.2 Å². The monoisotopic (exact) mass is 311 g/mol. The number of ether oxygens (including phenoxy) is 1. The molecule has 2 rings (SSSR count). The molecule has 1 aromatic rings. The van der Waals surface area contributed by atoms with Gasteiger partial charge < -0.3 is 20.7 Å². The van der Waals surface area contributed by atoms with Crippen molar-refractivity contribution in [3.05, 3.63) is 23.2 Å². The Morgan fingerprint density at radius 1 is 1.48 bits per heavy atom. The Bertz CT molecular complexity index is 488. The van der Waals surface area contributed by atoms with E-state index in [1.807, 2.05) is 18.2 Å². The van der Waals surface area contributed by atoms with Gasteiger partial charge in [0.25, 0.3) is 0 Å². The zero-order valence-corrected chi connectivity index (χ0v) is 13.0. The maximum atomic E-state index is 11.1. The van der Waals surface area contributed by atoms with Gasteiger partial charge in [-0.05, 0) is 37.5 Å². The van der Waals surface area contributed by atoms with E-state index in [0.717, 1.165) is 24.9 Å². The quantitative estimate of drug-likeness (QED) is 0.878. The number of nitrogens with one attached hydrogen (secondary N) is 1. The topological polar surface area (TPSA) is 67.6 Å². The third-order valence-corrected chi connectivity index (χ3v) is 3.87. The Balaban J connectivity index is 1.89. The van der Waals surface area contributed by atoms with E-state index in [4.69, 9.17) is 22.1 Å². The number of halogens is 1. The highest BCUT2D eigenvalue weighted by atomic mass is 35.5. The fourth-order valence-corrected chi connectivity index (χ4v) is 2.63. The lowest BCUT2D eigenvalue weighted by atomic mass is 10.0. The molecule has 1 fully saturated rings. The number of carbonyl (C=O) groups excluding carboxylic acids is 1. The summed E-state index contributed by atoms with van der Waals surface area (Å²) in [5, 5.41) is 4.06. The van der Waals surface area contributed by atoms with Crippen LogP contribution in [0.15, 0.2) is 18.2 Å². The van der Waals surface area contributed by atoms with Crippen molar-refractivity contribution >= 4 is 23.3 Å². The molecule has 3 N–H and O–H groups in total. The number of benzene rings is 1. The number of hydrogen-bond acceptors (Lipinski definition) is 3. The third kappa shape index (κ3) is 4.43. The van der Waals surface area contributed by atoms with Gasteiger partial charge in [0, 0.05) is 24.8 Å². The van der Waals surface area contributed by atoms with Gasteiger partial charge in [-0.15, -0.1) is 0 Å². The summed E-state index contributed by atoms with van der Waals surface area (Å²) in [5.41, 5.74) is 6.25. The van der Waals surface area contributed by atoms with Crippen molar-refractivity contribution in [1.82, 2.24) is 4.90 Å². The molecule has 21 heavy (non-hydrogen) atoms. The first-order chi connectivity index (χ1) is 10.1. The van der Waals surface area contributed by atoms with Gasteiger partial charge in [0.15, 0.2) is 0 Å². The standard InChI is InChI=1S/C15H22ClN3O2/c1-2-9-21-14-4-3-12(10-13(14)16)18-11-5-7-19(8-6-11)15(17)20/h3-4,10-11,18H,2,5-9H2,1H3,(H2,17,20). The second-order valence-electron chi connectivity index (χ2n) is 5.24. The van der Waals surface area contributed by atoms with E-state index in [9.17, 15) is 4.79 Å². The van der Waals surface area contributed by atoms with Crippen molar-refractivity contribution in [3.8, 4) is 5.75 Å². The molecule has 116 valence electrons. The zero-order valence-electron chi connectivity index (χ0n) is 12.3. The van der Waals surface area contributed by atoms with E-state index in [1.54, 1.807) is 4.90 Å². The first-order valence-electron chi connectivity index (χ1n) is 7.33. The number of carbonyl (C=O) groups is 1. The summed E-state index contributed by atoms with van der Waals surface area (Å²) in [7, 11) is 0. The Hall–Kier alpha value is -1.62. The molecule has 2 amide bonds. The first-order valence-corrected chi connectivity index (χ1v) is 7.71. The summed E-state index contributed by atoms with van der Waals surface area (Å²) < 4.78 is 5.55. The number of primary amides is 1. The Morgan fingerprint density at radius 3 is 2.76 bits per heavy atom. The van der Waals surface area contributed by atoms with Crippen LogP contribution in [0.2, 0.25) is 5.02 Å². The molecule has 6 heteroatoms. The van der Waals surface area contributed by atoms with Gasteiger partial charge in [-0.2, -0.15) is 0 Å². The molecule has 0 unspecified atom stereocenters. The molecule has 0 bridgehead atoms. The average Bonchev–Trinajstić information content (AvgIpc) is 2.47. The minimum atomic E-state index is -0.339. The van der Waals surface area contributed by atoms with Crippen LogP contribution in [0.25, 0.3) is 0 Å². The van der Waals surface area contributed by atoms with Crippen LogP contribution in [0.3, 0.4) is 0 Å². The minimum Gasteiger partial charge on any atom is -0.492 e. The number of hydrogen-bond donors (Lipinski definition) is 2. The molecule has 1 aromatic carbocycles. The summed E-state index contributed by atoms with van der Waals surface area (Å²) in [5.74, 6) is 0.715. The van der Waals surface area contributed by atoms with Crippen LogP contribution in [0, 0.1) is 0 Å². The lowest BCUT2D eigenvalue weighted by Crippen LogP contribution is -2.44. The van der Waals surface area contributed by atoms with Crippen LogP contribution in [-0.4, -0.2) is 36.7 Å². The van der Waals surface area contributed by atoms with Gasteiger partial charge in [0.2, 0.25) is 0 Å². The van der Waals surface area contributed by atoms with E-state index in [-0.39, 0.29) is 6.03 Å². The third-order valence-electron chi connectivity index (χ3n) is 3.57. The number of nitrogens with two attached hydrogens (primary N) is 1. The average molecular weight is 312 g/mol. The molecule has 1 aliphatic heterocycles. The van der Waals surface area contributed by atoms with Crippen molar-refractivity contribution in [2.24, 2.45) is 5.73 Å². The highest BCUT2D eigenvalue weighted by molar-refractivity contribution is 6.32. The lowest BCUT2D eigenvalue weighted by molar-refractivity contribution is 0.193. The normalized spacial score (nSPS) is 15.8. The van der Waals surface area contributed by atoms with Crippen LogP contribution < -0.4 is 15.8 Å². The number of nitrogens with zero attached hydrogens (tertiary/aromatic N) is 1. The van der Waals surface area contributed by atoms with Crippen molar-refractivity contribution in [2.45, 2.75) is 32.2 Å². The summed E-state index contributed by atoms with van der Waals surface area (Å²) in [6, 6.07) is 5.73. The Morgan fingerprint density at radius 2 is 2.19 bits per heavy atom. The molecule has 0 aliphatic carbocycles. The van der Waals surface area contributed by atoms with E-state index < -0.39 is 0 Å². The minimum absolute atomic E-state index is 0.332. The van der Waals surface area contributed by atoms with E-state index in [1.165, 1.54) is 0 Å². The van der Waals surface area contributed by atoms with Gasteiger partial charge in [-0.1, -0.05) is 18.5 Å². The molecule has 1 aliphatic rings. The predicted octanol–water partition coefficient (Wildman–Crippen LogP) is 3.08. The fraction of sp³-hybridized carbons (Fsp3) is 0.533. The van der Waals surface area contributed by atoms with Gasteiger partial charge in [0.1, 0.15) is 5.75 Å². The Labute approximate surface area is 130 Å². The van der Waals surface area contributed by atoms with Crippen LogP contribution in [0.5, 0.6) is 5.75 Å². The van der Waals surface area contributed by atoms with Gasteiger partial charge in [-0.3, -0.25) is 0 Å². The largest absolute Gasteiger partial charge is 0.492 e. The molecule has 0 saturated carbocycles. The SMILES string of the molecule is CCCOc1ccc(NC2CCN(C(N)=O)CC2)cc1Cl. The molecule has 1 heterocycles. The maximum absolute atomic E-state index is 11.1. The second kappa shape index (κ2) is 7.41. The highest BCUT2D eigenvalue weighted by Crippen LogP contribution is 2.28. The van der Waals surface area contributed by atoms with Crippen LogP contribution in [0.1, 0.15) is 26.2 Å². The van der Waals surface area contributed by atoms with Crippen LogP contribution in [-0.2, 0) is 0 Å². The number of likely N-dealkylation sites (tertiary alicyclic amines) is 1. The number of urea groups is 1. The van der Waals surface area contributed by atoms with Crippen molar-refractivity contribution in [1.29, 1.82) is 0 Å². The molecule has 5 nitrogen and oxygen atoms in total. The lowest BCUT2D eigenvalue weighted by Gasteiger charge is -2.31. The van der Waals surface area contributed by atoms with Crippen molar-refractivity contribution < 1.29 is 9.53 Å². The number of amides is 2. The molecule has 0 atom stereocenters. The molecular formula is C15H22ClN3O2. The zero-order chi connectivity index (χ0) is 15.2. The van der Waals surface area contributed by atoms with E-state index in [0.29, 0.717) is 36.5 Å². The van der Waals surface area contributed by atoms with E-state index >= 15 is 0 Å². The molecular weight excluding hydrogens is 290 g/mol. The van der Waals surface area contributed by atoms with Gasteiger partial charge in [0.05, 0.1) is 11.6 Å². The van der Waals surface area contributed by atoms with Gasteiger partial charge in [-0.25, -0.2) is 4.79 Å². The summed E-state index contributed by atoms with van der Waals surface area (Å²) in [4.78, 5) is 12.8. The van der Waals surface area contributed by atoms with Crippen molar-refractivity contribution in [2.75, 3.05) is 25.0 Å². The summed E-state index contributed by atoms with van der Waals surface area (Å²) in [6.45, 7) is 4.11. The maximum Gasteiger partial charge on any atom is 0.314 e. The van der Waals surface area contributed by atoms with Gasteiger partial charge >= 0.3 is 6.03 Å². The van der Waals surface area contributed by atoms with Crippen molar-refractivity contribution in [3.63, 3.8) is 0 Å². The first kappa shape index (κ1) is 15.8.